The Labute approximate surface area is 219 Å². The summed E-state index contributed by atoms with van der Waals surface area (Å²) in [5.74, 6) is -2.02. The SMILES string of the molecule is COc1cccc2c1OC(C)(N1CCC(CN3C(=O)c4ccccc4C3=O)CC1)CC2.O.O=C(O)C(=O)O. The Morgan fingerprint density at radius 2 is 1.58 bits per heavy atom. The summed E-state index contributed by atoms with van der Waals surface area (Å²) in [4.78, 5) is 47.4. The van der Waals surface area contributed by atoms with Gasteiger partial charge in [0.1, 0.15) is 0 Å². The van der Waals surface area contributed by atoms with E-state index in [1.807, 2.05) is 24.3 Å². The highest BCUT2D eigenvalue weighted by atomic mass is 16.5. The van der Waals surface area contributed by atoms with Crippen molar-refractivity contribution >= 4 is 23.8 Å². The van der Waals surface area contributed by atoms with Gasteiger partial charge in [-0.05, 0) is 55.9 Å². The van der Waals surface area contributed by atoms with Gasteiger partial charge in [-0.15, -0.1) is 0 Å². The Bertz CT molecular complexity index is 1160. The van der Waals surface area contributed by atoms with Crippen molar-refractivity contribution in [1.82, 2.24) is 9.80 Å². The number of ether oxygens (including phenoxy) is 2. The van der Waals surface area contributed by atoms with E-state index < -0.39 is 11.9 Å². The molecule has 0 bridgehead atoms. The van der Waals surface area contributed by atoms with Crippen LogP contribution >= 0.6 is 0 Å². The van der Waals surface area contributed by atoms with Crippen LogP contribution in [0.25, 0.3) is 0 Å². The molecule has 11 heteroatoms. The van der Waals surface area contributed by atoms with Crippen LogP contribution in [-0.2, 0) is 16.0 Å². The first kappa shape index (κ1) is 28.6. The van der Waals surface area contributed by atoms with Gasteiger partial charge in [-0.1, -0.05) is 24.3 Å². The Hall–Kier alpha value is -3.96. The van der Waals surface area contributed by atoms with Crippen LogP contribution in [0.4, 0.5) is 0 Å². The van der Waals surface area contributed by atoms with E-state index >= 15 is 0 Å². The summed E-state index contributed by atoms with van der Waals surface area (Å²) in [5, 5.41) is 14.8. The van der Waals surface area contributed by atoms with Crippen LogP contribution in [-0.4, -0.2) is 81.7 Å². The number of likely N-dealkylation sites (tertiary alicyclic amines) is 1. The van der Waals surface area contributed by atoms with E-state index in [0.717, 1.165) is 50.3 Å². The van der Waals surface area contributed by atoms with E-state index in [1.54, 1.807) is 19.2 Å². The number of fused-ring (bicyclic) bond motifs is 2. The van der Waals surface area contributed by atoms with Crippen molar-refractivity contribution in [2.45, 2.75) is 38.3 Å². The molecule has 1 atom stereocenters. The Morgan fingerprint density at radius 3 is 2.11 bits per heavy atom. The van der Waals surface area contributed by atoms with Crippen LogP contribution in [0.5, 0.6) is 11.5 Å². The van der Waals surface area contributed by atoms with Crippen LogP contribution in [0.1, 0.15) is 52.5 Å². The molecule has 0 aliphatic carbocycles. The summed E-state index contributed by atoms with van der Waals surface area (Å²) < 4.78 is 12.0. The van der Waals surface area contributed by atoms with Crippen LogP contribution < -0.4 is 9.47 Å². The van der Waals surface area contributed by atoms with Crippen LogP contribution in [0, 0.1) is 5.92 Å². The van der Waals surface area contributed by atoms with Crippen LogP contribution in [0.3, 0.4) is 0 Å². The van der Waals surface area contributed by atoms with E-state index in [-0.39, 0.29) is 23.0 Å². The maximum atomic E-state index is 12.7. The number of aryl methyl sites for hydroxylation is 1. The largest absolute Gasteiger partial charge is 0.493 e. The lowest BCUT2D eigenvalue weighted by Gasteiger charge is -2.47. The molecule has 3 aliphatic rings. The Balaban J connectivity index is 0.000000516. The third-order valence-corrected chi connectivity index (χ3v) is 7.25. The van der Waals surface area contributed by atoms with Gasteiger partial charge in [0.05, 0.1) is 18.2 Å². The predicted octanol–water partition coefficient (Wildman–Crippen LogP) is 2.08. The number of carbonyl (C=O) groups excluding carboxylic acids is 2. The number of nitrogens with zero attached hydrogens (tertiary/aromatic N) is 2. The fourth-order valence-corrected chi connectivity index (χ4v) is 5.15. The van der Waals surface area contributed by atoms with Crippen LogP contribution in [0.15, 0.2) is 42.5 Å². The summed E-state index contributed by atoms with van der Waals surface area (Å²) in [6.07, 6.45) is 3.75. The average Bonchev–Trinajstić information content (AvgIpc) is 3.14. The number of imide groups is 1. The summed E-state index contributed by atoms with van der Waals surface area (Å²) in [5.41, 5.74) is 1.88. The normalized spacial score (nSPS) is 20.7. The van der Waals surface area contributed by atoms with Crippen LogP contribution in [0.2, 0.25) is 0 Å². The van der Waals surface area contributed by atoms with Gasteiger partial charge in [-0.25, -0.2) is 9.59 Å². The van der Waals surface area contributed by atoms with Gasteiger partial charge in [-0.2, -0.15) is 0 Å². The molecule has 1 unspecified atom stereocenters. The highest BCUT2D eigenvalue weighted by Gasteiger charge is 2.42. The lowest BCUT2D eigenvalue weighted by atomic mass is 9.91. The Kier molecular flexibility index (Phi) is 8.74. The second-order valence-electron chi connectivity index (χ2n) is 9.53. The summed E-state index contributed by atoms with van der Waals surface area (Å²) in [7, 11) is 1.68. The first-order valence-corrected chi connectivity index (χ1v) is 12.2. The average molecular weight is 529 g/mol. The molecule has 1 saturated heterocycles. The number of benzene rings is 2. The van der Waals surface area contributed by atoms with Gasteiger partial charge in [0.25, 0.3) is 11.8 Å². The number of aliphatic carboxylic acids is 2. The molecule has 1 fully saturated rings. The summed E-state index contributed by atoms with van der Waals surface area (Å²) >= 11 is 0. The van der Waals surface area contributed by atoms with Gasteiger partial charge in [0.2, 0.25) is 0 Å². The number of hydrogen-bond donors (Lipinski definition) is 2. The van der Waals surface area contributed by atoms with E-state index in [9.17, 15) is 9.59 Å². The zero-order chi connectivity index (χ0) is 26.7. The van der Waals surface area contributed by atoms with E-state index in [4.69, 9.17) is 29.3 Å². The minimum absolute atomic E-state index is 0. The maximum Gasteiger partial charge on any atom is 0.414 e. The Morgan fingerprint density at radius 1 is 1.00 bits per heavy atom. The molecule has 0 radical (unpaired) electrons. The maximum absolute atomic E-state index is 12.7. The lowest BCUT2D eigenvalue weighted by Crippen LogP contribution is -2.56. The molecule has 0 aromatic heterocycles. The molecule has 0 saturated carbocycles. The molecule has 2 aromatic carbocycles. The highest BCUT2D eigenvalue weighted by molar-refractivity contribution is 6.27. The van der Waals surface area contributed by atoms with E-state index in [2.05, 4.69) is 17.9 Å². The lowest BCUT2D eigenvalue weighted by molar-refractivity contribution is -0.159. The number of carbonyl (C=O) groups is 4. The second-order valence-corrected chi connectivity index (χ2v) is 9.53. The molecule has 2 aromatic rings. The molecule has 2 amide bonds. The van der Waals surface area contributed by atoms with Crippen molar-refractivity contribution in [3.63, 3.8) is 0 Å². The van der Waals surface area contributed by atoms with Crippen molar-refractivity contribution < 1.29 is 44.3 Å². The van der Waals surface area contributed by atoms with Crippen molar-refractivity contribution in [3.8, 4) is 11.5 Å². The zero-order valence-corrected chi connectivity index (χ0v) is 21.3. The van der Waals surface area contributed by atoms with Gasteiger partial charge >= 0.3 is 11.9 Å². The topological polar surface area (TPSA) is 165 Å². The molecule has 4 N–H and O–H groups in total. The van der Waals surface area contributed by atoms with Gasteiger partial charge in [0, 0.05) is 26.1 Å². The van der Waals surface area contributed by atoms with Crippen molar-refractivity contribution in [3.05, 3.63) is 59.2 Å². The highest BCUT2D eigenvalue weighted by Crippen LogP contribution is 2.42. The quantitative estimate of drug-likeness (QED) is 0.446. The zero-order valence-electron chi connectivity index (χ0n) is 21.3. The van der Waals surface area contributed by atoms with Crippen molar-refractivity contribution in [2.24, 2.45) is 5.92 Å². The third-order valence-electron chi connectivity index (χ3n) is 7.25. The number of amides is 2. The molecular weight excluding hydrogens is 496 g/mol. The number of hydrogen-bond acceptors (Lipinski definition) is 7. The molecule has 38 heavy (non-hydrogen) atoms. The number of methoxy groups -OCH3 is 1. The van der Waals surface area contributed by atoms with E-state index in [1.165, 1.54) is 10.5 Å². The first-order chi connectivity index (χ1) is 17.6. The first-order valence-electron chi connectivity index (χ1n) is 12.2. The second kappa shape index (κ2) is 11.6. The van der Waals surface area contributed by atoms with Crippen molar-refractivity contribution in [2.75, 3.05) is 26.7 Å². The minimum Gasteiger partial charge on any atom is -0.493 e. The molecule has 3 aliphatic heterocycles. The smallest absolute Gasteiger partial charge is 0.414 e. The van der Waals surface area contributed by atoms with Gasteiger partial charge < -0.3 is 25.2 Å². The molecule has 0 spiro atoms. The molecule has 5 rings (SSSR count). The number of carboxylic acids is 2. The molecular formula is C27H32N2O9. The molecule has 3 heterocycles. The molecule has 11 nitrogen and oxygen atoms in total. The number of rotatable bonds is 4. The van der Waals surface area contributed by atoms with Gasteiger partial charge in [-0.3, -0.25) is 19.4 Å². The minimum atomic E-state index is -1.82. The van der Waals surface area contributed by atoms with Crippen molar-refractivity contribution in [1.29, 1.82) is 0 Å². The molecule has 204 valence electrons. The fourth-order valence-electron chi connectivity index (χ4n) is 5.15. The van der Waals surface area contributed by atoms with E-state index in [0.29, 0.717) is 23.6 Å². The predicted molar refractivity (Wildman–Crippen MR) is 135 cm³/mol. The fraction of sp³-hybridized carbons (Fsp3) is 0.407. The number of piperidine rings is 1. The number of para-hydroxylation sites is 1. The summed E-state index contributed by atoms with van der Waals surface area (Å²) in [6, 6.07) is 13.2. The monoisotopic (exact) mass is 528 g/mol. The summed E-state index contributed by atoms with van der Waals surface area (Å²) in [6.45, 7) is 4.42. The standard InChI is InChI=1S/C25H28N2O4.C2H2O4.H2O/c1-25(13-10-18-6-5-9-21(30-2)22(18)31-25)26-14-11-17(12-15-26)16-27-23(28)19-7-3-4-8-20(19)24(27)29;3-1(4)2(5)6;/h3-9,17H,10-16H2,1-2H3;(H,3,4)(H,5,6);1H2. The third kappa shape index (κ3) is 5.63. The van der Waals surface area contributed by atoms with Gasteiger partial charge in [0.15, 0.2) is 17.2 Å². The number of carboxylic acid groups (broad SMARTS) is 2.